The lowest BCUT2D eigenvalue weighted by atomic mass is 10.0. The smallest absolute Gasteiger partial charge is 0.338 e. The molecule has 58 heavy (non-hydrogen) atoms. The van der Waals surface area contributed by atoms with Crippen LogP contribution in [0.3, 0.4) is 0 Å². The molecule has 0 radical (unpaired) electrons. The van der Waals surface area contributed by atoms with E-state index in [-0.39, 0.29) is 53.9 Å². The van der Waals surface area contributed by atoms with E-state index >= 15 is 0 Å². The summed E-state index contributed by atoms with van der Waals surface area (Å²) in [7, 11) is 0. The first-order chi connectivity index (χ1) is 27.9. The van der Waals surface area contributed by atoms with E-state index in [1.807, 2.05) is 0 Å². The molecular formula is C47H82O11. The van der Waals surface area contributed by atoms with Crippen molar-refractivity contribution in [3.8, 4) is 0 Å². The first kappa shape index (κ1) is 53.1. The van der Waals surface area contributed by atoms with Gasteiger partial charge in [0, 0.05) is 19.3 Å². The van der Waals surface area contributed by atoms with E-state index in [0.29, 0.717) is 12.8 Å². The molecule has 0 aromatic carbocycles. The minimum atomic E-state index is -1.26. The van der Waals surface area contributed by atoms with Crippen LogP contribution in [0.1, 0.15) is 220 Å². The highest BCUT2D eigenvalue weighted by atomic mass is 16.6. The molecule has 2 rings (SSSR count). The van der Waals surface area contributed by atoms with Crippen molar-refractivity contribution in [3.63, 3.8) is 0 Å². The van der Waals surface area contributed by atoms with E-state index in [1.54, 1.807) is 0 Å². The second kappa shape index (κ2) is 33.9. The van der Waals surface area contributed by atoms with Gasteiger partial charge >= 0.3 is 17.9 Å². The van der Waals surface area contributed by atoms with Crippen LogP contribution < -0.4 is 0 Å². The number of hydrogen-bond acceptors (Lipinski definition) is 11. The number of ketones is 1. The molecule has 0 saturated carbocycles. The number of unbranched alkanes of at least 4 members (excludes halogenated alkanes) is 24. The summed E-state index contributed by atoms with van der Waals surface area (Å²) in [5, 5.41) is 39.5. The summed E-state index contributed by atoms with van der Waals surface area (Å²) < 4.78 is 14.8. The van der Waals surface area contributed by atoms with Crippen molar-refractivity contribution >= 4 is 23.7 Å². The Balaban J connectivity index is 0.000000580. The van der Waals surface area contributed by atoms with Crippen molar-refractivity contribution < 1.29 is 53.8 Å². The number of ether oxygens (including phenoxy) is 3. The molecular weight excluding hydrogens is 741 g/mol. The van der Waals surface area contributed by atoms with Gasteiger partial charge in [-0.3, -0.25) is 9.59 Å². The third-order valence-electron chi connectivity index (χ3n) is 11.3. The van der Waals surface area contributed by atoms with Gasteiger partial charge in [-0.1, -0.05) is 168 Å². The van der Waals surface area contributed by atoms with Crippen LogP contribution in [0.4, 0.5) is 0 Å². The topological polar surface area (TPSA) is 177 Å². The number of aliphatic hydroxyl groups excluding tert-OH is 4. The lowest BCUT2D eigenvalue weighted by Crippen LogP contribution is -2.33. The zero-order valence-corrected chi connectivity index (χ0v) is 36.9. The van der Waals surface area contributed by atoms with E-state index in [0.717, 1.165) is 32.1 Å². The molecule has 0 aliphatic carbocycles. The Morgan fingerprint density at radius 2 is 0.845 bits per heavy atom. The zero-order chi connectivity index (χ0) is 43.0. The Kier molecular flexibility index (Phi) is 31.0. The van der Waals surface area contributed by atoms with Crippen LogP contribution in [0, 0.1) is 0 Å². The monoisotopic (exact) mass is 823 g/mol. The first-order valence-electron chi connectivity index (χ1n) is 23.2. The predicted molar refractivity (Wildman–Crippen MR) is 228 cm³/mol. The van der Waals surface area contributed by atoms with Gasteiger partial charge in [-0.2, -0.15) is 0 Å². The van der Waals surface area contributed by atoms with Crippen LogP contribution in [-0.4, -0.2) is 75.1 Å². The number of Topliss-reactive ketones (excluding diaryl/α,β-unsaturated/α-hetero) is 1. The quantitative estimate of drug-likeness (QED) is 0.0272. The van der Waals surface area contributed by atoms with Gasteiger partial charge in [0.05, 0.1) is 17.3 Å². The molecule has 2 aliphatic heterocycles. The standard InChI is InChI=1S/C24H42O5.C23H40O6/c1-3-4-5-6-7-8-9-10-11-12-13-14-15-16-20(25)17-18-21(26)23-22(27)19(2)24(28)29-23;1-3-4-5-6-7-8-9-10-11-12-13-14-15-16-20(25)28-17-19(24)22-21(26)18(2)23(27)29-22/h21,23,26-27H,3-18H2,1-2H3;19,22,24,26H,3-17H2,1-2H3/t21-,23+;19-,22+/m00/s1. The van der Waals surface area contributed by atoms with Gasteiger partial charge in [0.25, 0.3) is 0 Å². The van der Waals surface area contributed by atoms with E-state index in [9.17, 15) is 39.6 Å². The summed E-state index contributed by atoms with van der Waals surface area (Å²) in [4.78, 5) is 46.4. The number of carbonyl (C=O) groups excluding carboxylic acids is 4. The van der Waals surface area contributed by atoms with Crippen LogP contribution in [0.5, 0.6) is 0 Å². The predicted octanol–water partition coefficient (Wildman–Crippen LogP) is 11.1. The fourth-order valence-electron chi connectivity index (χ4n) is 7.23. The molecule has 0 fully saturated rings. The molecule has 0 aromatic rings. The van der Waals surface area contributed by atoms with Crippen molar-refractivity contribution in [1.82, 2.24) is 0 Å². The molecule has 11 heteroatoms. The van der Waals surface area contributed by atoms with Crippen molar-refractivity contribution in [2.75, 3.05) is 6.61 Å². The lowest BCUT2D eigenvalue weighted by molar-refractivity contribution is -0.154. The van der Waals surface area contributed by atoms with Crippen LogP contribution in [0.15, 0.2) is 22.7 Å². The Bertz CT molecular complexity index is 1120. The van der Waals surface area contributed by atoms with Crippen molar-refractivity contribution in [3.05, 3.63) is 22.7 Å². The largest absolute Gasteiger partial charge is 0.508 e. The number of esters is 3. The third-order valence-corrected chi connectivity index (χ3v) is 11.3. The van der Waals surface area contributed by atoms with Crippen LogP contribution in [0.25, 0.3) is 0 Å². The van der Waals surface area contributed by atoms with Crippen LogP contribution in [0.2, 0.25) is 0 Å². The third kappa shape index (κ3) is 24.2. The van der Waals surface area contributed by atoms with Gasteiger partial charge in [0.2, 0.25) is 0 Å². The van der Waals surface area contributed by atoms with E-state index in [4.69, 9.17) is 14.2 Å². The Morgan fingerprint density at radius 1 is 0.517 bits per heavy atom. The van der Waals surface area contributed by atoms with Crippen LogP contribution >= 0.6 is 0 Å². The highest BCUT2D eigenvalue weighted by molar-refractivity contribution is 5.91. The number of cyclic esters (lactones) is 2. The summed E-state index contributed by atoms with van der Waals surface area (Å²) in [6.45, 7) is 7.08. The van der Waals surface area contributed by atoms with Crippen LogP contribution in [-0.2, 0) is 33.4 Å². The van der Waals surface area contributed by atoms with Gasteiger partial charge in [0.15, 0.2) is 12.2 Å². The number of aliphatic hydroxyl groups is 4. The summed E-state index contributed by atoms with van der Waals surface area (Å²) in [6.07, 6.45) is 29.6. The minimum Gasteiger partial charge on any atom is -0.508 e. The molecule has 0 bridgehead atoms. The molecule has 0 saturated heterocycles. The van der Waals surface area contributed by atoms with Crippen molar-refractivity contribution in [2.45, 2.75) is 245 Å². The number of carbonyl (C=O) groups is 4. The second-order valence-electron chi connectivity index (χ2n) is 16.6. The number of rotatable bonds is 35. The van der Waals surface area contributed by atoms with E-state index < -0.39 is 36.4 Å². The van der Waals surface area contributed by atoms with Crippen molar-refractivity contribution in [2.24, 2.45) is 0 Å². The highest BCUT2D eigenvalue weighted by Gasteiger charge is 2.38. The fourth-order valence-corrected chi connectivity index (χ4v) is 7.23. The maximum absolute atomic E-state index is 12.0. The first-order valence-corrected chi connectivity index (χ1v) is 23.2. The zero-order valence-electron chi connectivity index (χ0n) is 36.9. The SMILES string of the molecule is CCCCCCCCCCCCCCCC(=O)CC[C@H](O)[C@H]1OC(=O)C(C)=C1O.CCCCCCCCCCCCCCCC(=O)OC[C@H](O)[C@H]1OC(=O)C(C)=C1O. The summed E-state index contributed by atoms with van der Waals surface area (Å²) in [6, 6.07) is 0. The molecule has 0 unspecified atom stereocenters. The van der Waals surface area contributed by atoms with Crippen molar-refractivity contribution in [1.29, 1.82) is 0 Å². The maximum atomic E-state index is 12.0. The highest BCUT2D eigenvalue weighted by Crippen LogP contribution is 2.25. The van der Waals surface area contributed by atoms with Gasteiger partial charge < -0.3 is 34.6 Å². The van der Waals surface area contributed by atoms with Gasteiger partial charge in [-0.15, -0.1) is 0 Å². The summed E-state index contributed by atoms with van der Waals surface area (Å²) >= 11 is 0. The molecule has 4 atom stereocenters. The Hall–Kier alpha value is -2.92. The Morgan fingerprint density at radius 3 is 1.19 bits per heavy atom. The molecule has 336 valence electrons. The molecule has 0 amide bonds. The normalized spacial score (nSPS) is 17.6. The number of hydrogen-bond donors (Lipinski definition) is 4. The summed E-state index contributed by atoms with van der Waals surface area (Å²) in [5.74, 6) is -2.04. The Labute approximate surface area is 350 Å². The van der Waals surface area contributed by atoms with Gasteiger partial charge in [-0.05, 0) is 33.1 Å². The summed E-state index contributed by atoms with van der Waals surface area (Å²) in [5.41, 5.74) is 0.208. The van der Waals surface area contributed by atoms with Gasteiger partial charge in [-0.25, -0.2) is 9.59 Å². The molecule has 0 spiro atoms. The molecule has 0 aromatic heterocycles. The molecule has 4 N–H and O–H groups in total. The average Bonchev–Trinajstić information content (AvgIpc) is 3.63. The molecule has 2 heterocycles. The minimum absolute atomic E-state index is 0.0763. The lowest BCUT2D eigenvalue weighted by Gasteiger charge is -2.17. The molecule has 2 aliphatic rings. The molecule has 11 nitrogen and oxygen atoms in total. The average molecular weight is 823 g/mol. The maximum Gasteiger partial charge on any atom is 0.338 e. The fraction of sp³-hybridized carbons (Fsp3) is 0.830. The second-order valence-corrected chi connectivity index (χ2v) is 16.6. The van der Waals surface area contributed by atoms with E-state index in [1.165, 1.54) is 149 Å². The van der Waals surface area contributed by atoms with Gasteiger partial charge in [0.1, 0.15) is 30.0 Å². The van der Waals surface area contributed by atoms with E-state index in [2.05, 4.69) is 13.8 Å².